The number of aromatic nitrogens is 5. The highest BCUT2D eigenvalue weighted by atomic mass is 19.1. The van der Waals surface area contributed by atoms with Crippen molar-refractivity contribution < 1.29 is 4.39 Å². The molecule has 0 radical (unpaired) electrons. The second-order valence-corrected chi connectivity index (χ2v) is 6.09. The van der Waals surface area contributed by atoms with Crippen LogP contribution in [0.25, 0.3) is 16.8 Å². The summed E-state index contributed by atoms with van der Waals surface area (Å²) < 4.78 is 14.8. The second-order valence-electron chi connectivity index (χ2n) is 6.09. The smallest absolute Gasteiger partial charge is 0.183 e. The minimum Gasteiger partial charge on any atom is -0.306 e. The van der Waals surface area contributed by atoms with Gasteiger partial charge in [-0.15, -0.1) is 5.10 Å². The van der Waals surface area contributed by atoms with E-state index in [0.717, 1.165) is 22.3 Å². The first kappa shape index (κ1) is 16.3. The largest absolute Gasteiger partial charge is 0.306 e. The van der Waals surface area contributed by atoms with Crippen molar-refractivity contribution in [3.05, 3.63) is 78.0 Å². The Hall–Kier alpha value is -3.19. The Morgan fingerprint density at radius 1 is 1.08 bits per heavy atom. The van der Waals surface area contributed by atoms with Gasteiger partial charge in [-0.25, -0.2) is 4.39 Å². The first-order valence-electron chi connectivity index (χ1n) is 8.30. The zero-order valence-corrected chi connectivity index (χ0v) is 14.2. The van der Waals surface area contributed by atoms with Gasteiger partial charge in [0, 0.05) is 42.3 Å². The van der Waals surface area contributed by atoms with Gasteiger partial charge in [0.05, 0.1) is 0 Å². The monoisotopic (exact) mass is 348 g/mol. The molecule has 1 aromatic carbocycles. The number of pyridine rings is 2. The van der Waals surface area contributed by atoms with Crippen LogP contribution in [0.5, 0.6) is 0 Å². The summed E-state index contributed by atoms with van der Waals surface area (Å²) in [6, 6.07) is 12.6. The van der Waals surface area contributed by atoms with Crippen molar-refractivity contribution in [2.75, 3.05) is 0 Å². The molecule has 0 aliphatic heterocycles. The number of nitrogens with one attached hydrogen (secondary N) is 1. The maximum Gasteiger partial charge on any atom is 0.183 e. The molecule has 1 atom stereocenters. The molecule has 3 heterocycles. The molecule has 0 fully saturated rings. The predicted molar refractivity (Wildman–Crippen MR) is 95.7 cm³/mol. The number of hydrogen-bond acceptors (Lipinski definition) is 5. The van der Waals surface area contributed by atoms with E-state index in [1.54, 1.807) is 29.0 Å². The van der Waals surface area contributed by atoms with E-state index in [1.165, 1.54) is 12.1 Å². The van der Waals surface area contributed by atoms with Gasteiger partial charge in [-0.05, 0) is 58.8 Å². The van der Waals surface area contributed by atoms with Crippen LogP contribution in [0, 0.1) is 5.82 Å². The van der Waals surface area contributed by atoms with Crippen LogP contribution in [0.4, 0.5) is 4.39 Å². The van der Waals surface area contributed by atoms with Gasteiger partial charge in [0.15, 0.2) is 5.65 Å². The Labute approximate surface area is 149 Å². The van der Waals surface area contributed by atoms with Crippen LogP contribution in [0.1, 0.15) is 24.1 Å². The summed E-state index contributed by atoms with van der Waals surface area (Å²) in [5.41, 5.74) is 4.67. The molecule has 0 amide bonds. The minimum absolute atomic E-state index is 0.156. The molecule has 26 heavy (non-hydrogen) atoms. The van der Waals surface area contributed by atoms with Crippen LogP contribution in [0.2, 0.25) is 0 Å². The van der Waals surface area contributed by atoms with Crippen LogP contribution in [-0.4, -0.2) is 25.0 Å². The Bertz CT molecular complexity index is 1010. The summed E-state index contributed by atoms with van der Waals surface area (Å²) in [5.74, 6) is -0.259. The molecule has 0 aliphatic rings. The van der Waals surface area contributed by atoms with E-state index in [0.29, 0.717) is 12.2 Å². The molecule has 0 spiro atoms. The Balaban J connectivity index is 1.63. The van der Waals surface area contributed by atoms with Crippen molar-refractivity contribution in [2.24, 2.45) is 0 Å². The number of nitrogens with zero attached hydrogens (tertiary/aromatic N) is 5. The molecule has 0 aliphatic carbocycles. The Morgan fingerprint density at radius 3 is 2.62 bits per heavy atom. The number of tetrazole rings is 1. The fourth-order valence-electron chi connectivity index (χ4n) is 2.88. The van der Waals surface area contributed by atoms with Gasteiger partial charge in [0.1, 0.15) is 5.82 Å². The van der Waals surface area contributed by atoms with Crippen LogP contribution in [0.15, 0.2) is 61.1 Å². The fourth-order valence-corrected chi connectivity index (χ4v) is 2.88. The zero-order chi connectivity index (χ0) is 17.9. The van der Waals surface area contributed by atoms with Gasteiger partial charge in [-0.3, -0.25) is 4.98 Å². The maximum absolute atomic E-state index is 13.2. The van der Waals surface area contributed by atoms with E-state index in [-0.39, 0.29) is 11.9 Å². The normalized spacial score (nSPS) is 12.4. The molecule has 6 nitrogen and oxygen atoms in total. The van der Waals surface area contributed by atoms with Gasteiger partial charge < -0.3 is 5.32 Å². The average Bonchev–Trinajstić information content (AvgIpc) is 3.16. The van der Waals surface area contributed by atoms with E-state index in [1.807, 2.05) is 24.4 Å². The molecule has 3 aromatic heterocycles. The van der Waals surface area contributed by atoms with E-state index in [2.05, 4.69) is 32.7 Å². The number of hydrogen-bond donors (Lipinski definition) is 1. The van der Waals surface area contributed by atoms with Crippen LogP contribution in [-0.2, 0) is 6.54 Å². The van der Waals surface area contributed by atoms with Crippen molar-refractivity contribution >= 4 is 5.65 Å². The molecule has 0 saturated heterocycles. The molecule has 0 unspecified atom stereocenters. The lowest BCUT2D eigenvalue weighted by atomic mass is 10.1. The molecular weight excluding hydrogens is 331 g/mol. The molecule has 1 N–H and O–H groups in total. The van der Waals surface area contributed by atoms with Crippen molar-refractivity contribution in [3.63, 3.8) is 0 Å². The van der Waals surface area contributed by atoms with Gasteiger partial charge >= 0.3 is 0 Å². The summed E-state index contributed by atoms with van der Waals surface area (Å²) >= 11 is 0. The van der Waals surface area contributed by atoms with Crippen molar-refractivity contribution in [3.8, 4) is 11.1 Å². The average molecular weight is 348 g/mol. The first-order chi connectivity index (χ1) is 12.7. The lowest BCUT2D eigenvalue weighted by molar-refractivity contribution is 0.574. The van der Waals surface area contributed by atoms with Crippen LogP contribution in [0.3, 0.4) is 0 Å². The highest BCUT2D eigenvalue weighted by molar-refractivity contribution is 5.66. The summed E-state index contributed by atoms with van der Waals surface area (Å²) in [6.45, 7) is 2.70. The quantitative estimate of drug-likeness (QED) is 0.600. The molecule has 0 bridgehead atoms. The summed E-state index contributed by atoms with van der Waals surface area (Å²) in [5, 5.41) is 15.4. The fraction of sp³-hybridized carbons (Fsp3) is 0.158. The topological polar surface area (TPSA) is 68.0 Å². The number of rotatable bonds is 5. The first-order valence-corrected chi connectivity index (χ1v) is 8.30. The third-order valence-corrected chi connectivity index (χ3v) is 4.35. The highest BCUT2D eigenvalue weighted by Crippen LogP contribution is 2.23. The van der Waals surface area contributed by atoms with Gasteiger partial charge in [-0.1, -0.05) is 12.1 Å². The van der Waals surface area contributed by atoms with E-state index in [9.17, 15) is 4.39 Å². The molecule has 7 heteroatoms. The van der Waals surface area contributed by atoms with Crippen molar-refractivity contribution in [1.82, 2.24) is 30.3 Å². The molecule has 4 rings (SSSR count). The third kappa shape index (κ3) is 3.29. The van der Waals surface area contributed by atoms with E-state index in [4.69, 9.17) is 0 Å². The van der Waals surface area contributed by atoms with Crippen molar-refractivity contribution in [1.29, 1.82) is 0 Å². The zero-order valence-electron chi connectivity index (χ0n) is 14.2. The number of benzene rings is 1. The number of halogens is 1. The number of fused-ring (bicyclic) bond motifs is 1. The summed E-state index contributed by atoms with van der Waals surface area (Å²) in [6.07, 6.45) is 5.41. The molecule has 4 aromatic rings. The van der Waals surface area contributed by atoms with E-state index < -0.39 is 0 Å². The molecule has 130 valence electrons. The lowest BCUT2D eigenvalue weighted by Gasteiger charge is -2.15. The predicted octanol–water partition coefficient (Wildman–Crippen LogP) is 3.18. The maximum atomic E-state index is 13.2. The SMILES string of the molecule is C[C@@H](NCc1cc(-c2ccc(F)cc2)cn2nnnc12)c1ccncc1. The van der Waals surface area contributed by atoms with Gasteiger partial charge in [0.2, 0.25) is 0 Å². The van der Waals surface area contributed by atoms with Gasteiger partial charge in [0.25, 0.3) is 0 Å². The van der Waals surface area contributed by atoms with E-state index >= 15 is 0 Å². The summed E-state index contributed by atoms with van der Waals surface area (Å²) in [7, 11) is 0. The second kappa shape index (κ2) is 6.97. The highest BCUT2D eigenvalue weighted by Gasteiger charge is 2.11. The van der Waals surface area contributed by atoms with Gasteiger partial charge in [-0.2, -0.15) is 4.52 Å². The standard InChI is InChI=1S/C19H17FN6/c1-13(14-6-8-21-9-7-14)22-11-16-10-17(12-26-19(16)23-24-25-26)15-2-4-18(20)5-3-15/h2-10,12-13,22H,11H2,1H3/t13-/m1/s1. The molecular formula is C19H17FN6. The molecule has 0 saturated carbocycles. The van der Waals surface area contributed by atoms with Crippen molar-refractivity contribution in [2.45, 2.75) is 19.5 Å². The van der Waals surface area contributed by atoms with Crippen LogP contribution < -0.4 is 5.32 Å². The minimum atomic E-state index is -0.259. The third-order valence-electron chi connectivity index (χ3n) is 4.35. The Kier molecular flexibility index (Phi) is 4.37. The lowest BCUT2D eigenvalue weighted by Crippen LogP contribution is -2.18. The summed E-state index contributed by atoms with van der Waals surface area (Å²) in [4.78, 5) is 4.05. The Morgan fingerprint density at radius 2 is 1.85 bits per heavy atom. The van der Waals surface area contributed by atoms with Crippen LogP contribution >= 0.6 is 0 Å².